The number of hydrogen-bond donors (Lipinski definition) is 2. The molecule has 0 saturated carbocycles. The van der Waals surface area contributed by atoms with Crippen LogP contribution in [0.5, 0.6) is 0 Å². The number of H-pyrrole nitrogens is 1. The number of aromatic amines is 1. The van der Waals surface area contributed by atoms with Crippen LogP contribution in [-0.2, 0) is 21.4 Å². The molecule has 0 bridgehead atoms. The normalized spacial score (nSPS) is 18.0. The molecule has 0 aliphatic carbocycles. The molecule has 5 aromatic rings. The predicted molar refractivity (Wildman–Crippen MR) is 223 cm³/mol. The van der Waals surface area contributed by atoms with Crippen LogP contribution in [-0.4, -0.2) is 87.8 Å². The zero-order valence-electron chi connectivity index (χ0n) is 33.9. The Hall–Kier alpha value is -5.98. The lowest BCUT2D eigenvalue weighted by Gasteiger charge is -2.34. The van der Waals surface area contributed by atoms with E-state index < -0.39 is 17.8 Å². The van der Waals surface area contributed by atoms with E-state index in [0.29, 0.717) is 41.7 Å². The number of hydrogen-bond acceptors (Lipinski definition) is 6. The monoisotopic (exact) mass is 787 g/mol. The van der Waals surface area contributed by atoms with Gasteiger partial charge in [0.25, 0.3) is 5.91 Å². The van der Waals surface area contributed by atoms with Gasteiger partial charge in [-0.2, -0.15) is 0 Å². The number of imide groups is 1. The molecule has 302 valence electrons. The van der Waals surface area contributed by atoms with E-state index >= 15 is 4.39 Å². The summed E-state index contributed by atoms with van der Waals surface area (Å²) in [6.07, 6.45) is 4.88. The number of halogens is 1. The predicted octanol–water partition coefficient (Wildman–Crippen LogP) is 6.27. The van der Waals surface area contributed by atoms with E-state index in [9.17, 15) is 24.0 Å². The Morgan fingerprint density at radius 3 is 2.38 bits per heavy atom. The van der Waals surface area contributed by atoms with Crippen LogP contribution < -0.4 is 15.9 Å². The molecular weight excluding hydrogens is 738 g/mol. The number of nitrogens with zero attached hydrogens (tertiary/aromatic N) is 5. The zero-order chi connectivity index (χ0) is 41.2. The van der Waals surface area contributed by atoms with Crippen LogP contribution in [0.4, 0.5) is 10.1 Å². The number of nitrogens with one attached hydrogen (secondary N) is 2. The van der Waals surface area contributed by atoms with Crippen molar-refractivity contribution in [3.05, 3.63) is 93.3 Å². The Labute approximate surface area is 336 Å². The van der Waals surface area contributed by atoms with Gasteiger partial charge in [0.2, 0.25) is 17.7 Å². The number of para-hydroxylation sites is 1. The number of carbonyl (C=O) groups is 4. The second kappa shape index (κ2) is 15.1. The summed E-state index contributed by atoms with van der Waals surface area (Å²) in [5, 5.41) is 3.01. The molecule has 5 heterocycles. The van der Waals surface area contributed by atoms with Crippen LogP contribution in [0.15, 0.2) is 59.4 Å². The van der Waals surface area contributed by atoms with Crippen LogP contribution in [0.1, 0.15) is 85.1 Å². The van der Waals surface area contributed by atoms with Crippen molar-refractivity contribution < 1.29 is 23.6 Å². The van der Waals surface area contributed by atoms with Crippen molar-refractivity contribution in [1.82, 2.24) is 29.2 Å². The fourth-order valence-electron chi connectivity index (χ4n) is 9.16. The average Bonchev–Trinajstić information content (AvgIpc) is 3.77. The number of rotatable bonds is 7. The first-order chi connectivity index (χ1) is 27.7. The van der Waals surface area contributed by atoms with Gasteiger partial charge in [-0.1, -0.05) is 44.2 Å². The summed E-state index contributed by atoms with van der Waals surface area (Å²) < 4.78 is 19.7. The van der Waals surface area contributed by atoms with E-state index in [1.807, 2.05) is 44.2 Å². The third kappa shape index (κ3) is 6.69. The highest BCUT2D eigenvalue weighted by molar-refractivity contribution is 6.05. The van der Waals surface area contributed by atoms with Gasteiger partial charge in [0.1, 0.15) is 11.7 Å². The summed E-state index contributed by atoms with van der Waals surface area (Å²) >= 11 is 0. The molecule has 3 aromatic carbocycles. The summed E-state index contributed by atoms with van der Waals surface area (Å²) in [6.45, 7) is 8.26. The maximum atomic E-state index is 16.6. The Bertz CT molecular complexity index is 2600. The molecule has 0 unspecified atom stereocenters. The number of aryl methyl sites for hydroxylation is 2. The highest BCUT2D eigenvalue weighted by atomic mass is 19.1. The van der Waals surface area contributed by atoms with Gasteiger partial charge < -0.3 is 19.7 Å². The van der Waals surface area contributed by atoms with Gasteiger partial charge in [-0.25, -0.2) is 9.18 Å². The lowest BCUT2D eigenvalue weighted by atomic mass is 9.85. The van der Waals surface area contributed by atoms with Crippen molar-refractivity contribution in [3.8, 4) is 11.1 Å². The first-order valence-electron chi connectivity index (χ1n) is 20.2. The first-order valence-corrected chi connectivity index (χ1v) is 20.2. The number of anilines is 1. The van der Waals surface area contributed by atoms with E-state index in [-0.39, 0.29) is 53.6 Å². The van der Waals surface area contributed by atoms with Gasteiger partial charge in [-0.15, -0.1) is 0 Å². The SMILES string of the molecule is Cc1cc(C2CCN(c3cccc4c3n(C)c(=O)n4[C@@H]3CCC(=O)NC3=O)CC2)ccc1-c1cc(C2=CCCN(C(=O)C(C)C)C2)c(F)c2[nH]c(C(=O)N(C)C)cc12. The molecule has 12 nitrogen and oxygen atoms in total. The van der Waals surface area contributed by atoms with Crippen molar-refractivity contribution in [2.75, 3.05) is 45.2 Å². The lowest BCUT2D eigenvalue weighted by Crippen LogP contribution is -2.44. The number of imidazole rings is 1. The van der Waals surface area contributed by atoms with E-state index in [2.05, 4.69) is 40.3 Å². The van der Waals surface area contributed by atoms with Crippen molar-refractivity contribution in [3.63, 3.8) is 0 Å². The second-order valence-corrected chi connectivity index (χ2v) is 16.5. The quantitative estimate of drug-likeness (QED) is 0.187. The molecule has 2 aromatic heterocycles. The number of aromatic nitrogens is 3. The largest absolute Gasteiger partial charge is 0.370 e. The molecule has 3 aliphatic heterocycles. The summed E-state index contributed by atoms with van der Waals surface area (Å²) in [4.78, 5) is 72.9. The topological polar surface area (TPSA) is 133 Å². The highest BCUT2D eigenvalue weighted by Gasteiger charge is 2.33. The Balaban J connectivity index is 1.08. The molecule has 2 fully saturated rings. The van der Waals surface area contributed by atoms with Crippen LogP contribution in [0.25, 0.3) is 38.6 Å². The van der Waals surface area contributed by atoms with Gasteiger partial charge in [-0.3, -0.25) is 33.6 Å². The van der Waals surface area contributed by atoms with Crippen LogP contribution in [0, 0.1) is 18.7 Å². The number of piperidine rings is 2. The smallest absolute Gasteiger partial charge is 0.329 e. The fraction of sp³-hybridized carbons (Fsp3) is 0.400. The van der Waals surface area contributed by atoms with Crippen molar-refractivity contribution in [2.45, 2.75) is 64.8 Å². The first kappa shape index (κ1) is 38.9. The van der Waals surface area contributed by atoms with Crippen molar-refractivity contribution >= 4 is 56.8 Å². The molecule has 2 N–H and O–H groups in total. The van der Waals surface area contributed by atoms with Gasteiger partial charge in [0.05, 0.1) is 22.2 Å². The molecule has 0 radical (unpaired) electrons. The third-order valence-electron chi connectivity index (χ3n) is 12.2. The molecule has 58 heavy (non-hydrogen) atoms. The van der Waals surface area contributed by atoms with Crippen LogP contribution in [0.2, 0.25) is 0 Å². The minimum absolute atomic E-state index is 0.0369. The molecule has 8 rings (SSSR count). The minimum Gasteiger partial charge on any atom is -0.370 e. The summed E-state index contributed by atoms with van der Waals surface area (Å²) in [7, 11) is 5.06. The molecule has 4 amide bonds. The molecule has 3 aliphatic rings. The van der Waals surface area contributed by atoms with Crippen molar-refractivity contribution in [2.24, 2.45) is 13.0 Å². The van der Waals surface area contributed by atoms with Gasteiger partial charge in [-0.05, 0) is 90.6 Å². The number of benzene rings is 3. The molecule has 1 atom stereocenters. The van der Waals surface area contributed by atoms with Gasteiger partial charge >= 0.3 is 5.69 Å². The summed E-state index contributed by atoms with van der Waals surface area (Å²) in [6, 6.07) is 15.2. The second-order valence-electron chi connectivity index (χ2n) is 16.5. The maximum Gasteiger partial charge on any atom is 0.329 e. The standard InChI is InChI=1S/C45H50FN7O5/c1-25(2)43(56)52-18-8-9-29(24-52)31-22-32(33-23-34(44(57)49(4)5)47-40(33)39(31)46)30-13-12-28(21-26(30)3)27-16-19-51(20-17-27)35-10-7-11-36-41(35)50(6)45(58)53(36)37-14-15-38(54)48-42(37)55/h7,9-13,21-23,25,27,37,47H,8,14-20,24H2,1-6H3,(H,48,54,55)/t37-/m1/s1. The van der Waals surface area contributed by atoms with Crippen LogP contribution >= 0.6 is 0 Å². The molecule has 0 spiro atoms. The lowest BCUT2D eigenvalue weighted by molar-refractivity contribution is -0.136. The maximum absolute atomic E-state index is 16.6. The summed E-state index contributed by atoms with van der Waals surface area (Å²) in [5.74, 6) is -1.30. The van der Waals surface area contributed by atoms with E-state index in [1.165, 1.54) is 15.0 Å². The summed E-state index contributed by atoms with van der Waals surface area (Å²) in [5.41, 5.74) is 7.83. The minimum atomic E-state index is -0.742. The average molecular weight is 788 g/mol. The third-order valence-corrected chi connectivity index (χ3v) is 12.2. The number of fused-ring (bicyclic) bond motifs is 2. The molecular formula is C45H50FN7O5. The number of carbonyl (C=O) groups excluding carboxylic acids is 4. The van der Waals surface area contributed by atoms with Gasteiger partial charge in [0, 0.05) is 70.6 Å². The Morgan fingerprint density at radius 2 is 1.69 bits per heavy atom. The van der Waals surface area contributed by atoms with E-state index in [0.717, 1.165) is 59.4 Å². The van der Waals surface area contributed by atoms with E-state index in [1.54, 1.807) is 36.7 Å². The molecule has 2 saturated heterocycles. The van der Waals surface area contributed by atoms with Crippen molar-refractivity contribution in [1.29, 1.82) is 0 Å². The molecule has 13 heteroatoms. The van der Waals surface area contributed by atoms with Gasteiger partial charge in [0.15, 0.2) is 5.82 Å². The fourth-order valence-corrected chi connectivity index (χ4v) is 9.16. The highest BCUT2D eigenvalue weighted by Crippen LogP contribution is 2.40. The Morgan fingerprint density at radius 1 is 0.931 bits per heavy atom. The van der Waals surface area contributed by atoms with Crippen LogP contribution in [0.3, 0.4) is 0 Å². The number of amides is 4. The zero-order valence-corrected chi connectivity index (χ0v) is 33.9. The Kier molecular flexibility index (Phi) is 10.1. The van der Waals surface area contributed by atoms with E-state index in [4.69, 9.17) is 0 Å².